The average Bonchev–Trinajstić information content (AvgIpc) is 2.48. The number of likely N-dealkylation sites (N-methyl/N-ethyl adjacent to an activating group) is 1. The van der Waals surface area contributed by atoms with Crippen LogP contribution >= 0.6 is 12.4 Å². The second-order valence-corrected chi connectivity index (χ2v) is 5.95. The van der Waals surface area contributed by atoms with Gasteiger partial charge in [0.15, 0.2) is 0 Å². The van der Waals surface area contributed by atoms with Gasteiger partial charge >= 0.3 is 0 Å². The van der Waals surface area contributed by atoms with Crippen molar-refractivity contribution in [1.82, 2.24) is 10.2 Å². The van der Waals surface area contributed by atoms with Crippen molar-refractivity contribution in [3.63, 3.8) is 0 Å². The lowest BCUT2D eigenvalue weighted by molar-refractivity contribution is -0.116. The minimum Gasteiger partial charge on any atom is -0.494 e. The number of benzene rings is 1. The number of nitrogens with one attached hydrogen (secondary N) is 1. The first-order chi connectivity index (χ1) is 10.6. The molecule has 0 spiro atoms. The summed E-state index contributed by atoms with van der Waals surface area (Å²) in [6, 6.07) is 8.07. The van der Waals surface area contributed by atoms with Crippen LogP contribution in [0, 0.1) is 0 Å². The Hall–Kier alpha value is -1.10. The number of rotatable bonds is 12. The van der Waals surface area contributed by atoms with Crippen LogP contribution in [0.25, 0.3) is 0 Å². The smallest absolute Gasteiger partial charge is 0.130 e. The molecule has 0 aromatic heterocycles. The van der Waals surface area contributed by atoms with Crippen molar-refractivity contribution in [3.8, 4) is 5.75 Å². The van der Waals surface area contributed by atoms with Gasteiger partial charge < -0.3 is 19.7 Å². The van der Waals surface area contributed by atoms with E-state index in [1.165, 1.54) is 5.56 Å². The highest BCUT2D eigenvalue weighted by molar-refractivity contribution is 5.85. The Labute approximate surface area is 147 Å². The predicted octanol–water partition coefficient (Wildman–Crippen LogP) is 2.94. The number of unbranched alkanes of at least 4 members (excludes halogenated alkanes) is 1. The highest BCUT2D eigenvalue weighted by atomic mass is 35.5. The molecular weight excluding hydrogens is 312 g/mol. The molecular formula is C18H31ClN2O2. The van der Waals surface area contributed by atoms with Gasteiger partial charge in [0.1, 0.15) is 11.5 Å². The number of carbonyl (C=O) groups is 1. The Kier molecular flexibility index (Phi) is 12.7. The van der Waals surface area contributed by atoms with E-state index in [1.807, 2.05) is 24.3 Å². The summed E-state index contributed by atoms with van der Waals surface area (Å²) in [6.07, 6.45) is 3.61. The highest BCUT2D eigenvalue weighted by Crippen LogP contribution is 2.13. The molecule has 1 aromatic carbocycles. The molecule has 132 valence electrons. The van der Waals surface area contributed by atoms with Crippen LogP contribution in [0.5, 0.6) is 5.75 Å². The van der Waals surface area contributed by atoms with Crippen molar-refractivity contribution in [2.24, 2.45) is 0 Å². The second-order valence-electron chi connectivity index (χ2n) is 5.95. The molecule has 0 bridgehead atoms. The maximum Gasteiger partial charge on any atom is 0.130 e. The molecule has 0 amide bonds. The van der Waals surface area contributed by atoms with Gasteiger partial charge in [-0.1, -0.05) is 12.1 Å². The zero-order valence-corrected chi connectivity index (χ0v) is 15.5. The summed E-state index contributed by atoms with van der Waals surface area (Å²) in [6.45, 7) is 5.54. The van der Waals surface area contributed by atoms with Gasteiger partial charge in [-0.05, 0) is 64.5 Å². The van der Waals surface area contributed by atoms with Crippen LogP contribution in [-0.4, -0.2) is 51.0 Å². The number of nitrogens with zero attached hydrogens (tertiary/aromatic N) is 1. The normalized spacial score (nSPS) is 10.4. The number of Topliss-reactive ketones (excluding diaryl/α,β-unsaturated/α-hetero) is 1. The molecule has 23 heavy (non-hydrogen) atoms. The van der Waals surface area contributed by atoms with Gasteiger partial charge in [-0.25, -0.2) is 0 Å². The number of ether oxygens (including phenoxy) is 1. The third-order valence-corrected chi connectivity index (χ3v) is 3.44. The fraction of sp³-hybridized carbons (Fsp3) is 0.611. The van der Waals surface area contributed by atoms with E-state index in [-0.39, 0.29) is 18.2 Å². The summed E-state index contributed by atoms with van der Waals surface area (Å²) in [5.41, 5.74) is 1.19. The Bertz CT molecular complexity index is 422. The fourth-order valence-electron chi connectivity index (χ4n) is 2.04. The zero-order valence-electron chi connectivity index (χ0n) is 14.6. The van der Waals surface area contributed by atoms with Crippen LogP contribution in [0.1, 0.15) is 31.7 Å². The molecule has 0 fully saturated rings. The lowest BCUT2D eigenvalue weighted by Crippen LogP contribution is -2.27. The van der Waals surface area contributed by atoms with Crippen LogP contribution in [0.4, 0.5) is 0 Å². The average molecular weight is 343 g/mol. The summed E-state index contributed by atoms with van der Waals surface area (Å²) in [5, 5.41) is 3.42. The minimum atomic E-state index is 0. The summed E-state index contributed by atoms with van der Waals surface area (Å²) < 4.78 is 5.73. The molecule has 0 saturated carbocycles. The number of aryl methyl sites for hydroxylation is 1. The molecule has 0 atom stereocenters. The summed E-state index contributed by atoms with van der Waals surface area (Å²) in [5.74, 6) is 1.15. The SMILES string of the molecule is CC(=O)CCc1ccc(OCCCCNCCN(C)C)cc1.Cl. The largest absolute Gasteiger partial charge is 0.494 e. The van der Waals surface area contributed by atoms with Gasteiger partial charge in [-0.2, -0.15) is 0 Å². The quantitative estimate of drug-likeness (QED) is 0.593. The van der Waals surface area contributed by atoms with E-state index >= 15 is 0 Å². The standard InChI is InChI=1S/C18H30N2O2.ClH/c1-16(21)6-7-17-8-10-18(11-9-17)22-15-5-4-12-19-13-14-20(2)3;/h8-11,19H,4-7,12-15H2,1-3H3;1H. The Morgan fingerprint density at radius 2 is 1.83 bits per heavy atom. The minimum absolute atomic E-state index is 0. The van der Waals surface area contributed by atoms with Crippen molar-refractivity contribution >= 4 is 18.2 Å². The van der Waals surface area contributed by atoms with Gasteiger partial charge in [0.05, 0.1) is 6.61 Å². The maximum absolute atomic E-state index is 11.0. The maximum atomic E-state index is 11.0. The van der Waals surface area contributed by atoms with Crippen LogP contribution in [0.2, 0.25) is 0 Å². The topological polar surface area (TPSA) is 41.6 Å². The summed E-state index contributed by atoms with van der Waals surface area (Å²) >= 11 is 0. The first-order valence-electron chi connectivity index (χ1n) is 8.14. The molecule has 0 heterocycles. The van der Waals surface area contributed by atoms with Crippen LogP contribution < -0.4 is 10.1 Å². The van der Waals surface area contributed by atoms with Crippen LogP contribution in [0.15, 0.2) is 24.3 Å². The summed E-state index contributed by atoms with van der Waals surface area (Å²) in [7, 11) is 4.17. The van der Waals surface area contributed by atoms with E-state index in [2.05, 4.69) is 24.3 Å². The van der Waals surface area contributed by atoms with Gasteiger partial charge in [-0.3, -0.25) is 0 Å². The number of halogens is 1. The number of carbonyl (C=O) groups excluding carboxylic acids is 1. The van der Waals surface area contributed by atoms with Gasteiger partial charge in [-0.15, -0.1) is 12.4 Å². The summed E-state index contributed by atoms with van der Waals surface area (Å²) in [4.78, 5) is 13.1. The molecule has 0 aliphatic rings. The monoisotopic (exact) mass is 342 g/mol. The molecule has 0 aliphatic heterocycles. The molecule has 1 aromatic rings. The molecule has 5 heteroatoms. The van der Waals surface area contributed by atoms with Gasteiger partial charge in [0.2, 0.25) is 0 Å². The van der Waals surface area contributed by atoms with E-state index in [9.17, 15) is 4.79 Å². The molecule has 0 unspecified atom stereocenters. The van der Waals surface area contributed by atoms with Crippen molar-refractivity contribution in [3.05, 3.63) is 29.8 Å². The first kappa shape index (κ1) is 21.9. The van der Waals surface area contributed by atoms with Gasteiger partial charge in [0.25, 0.3) is 0 Å². The lowest BCUT2D eigenvalue weighted by Gasteiger charge is -2.10. The van der Waals surface area contributed by atoms with E-state index < -0.39 is 0 Å². The lowest BCUT2D eigenvalue weighted by atomic mass is 10.1. The van der Waals surface area contributed by atoms with Crippen LogP contribution in [0.3, 0.4) is 0 Å². The Balaban J connectivity index is 0.00000484. The first-order valence-corrected chi connectivity index (χ1v) is 8.14. The molecule has 1 rings (SSSR count). The highest BCUT2D eigenvalue weighted by Gasteiger charge is 1.98. The van der Waals surface area contributed by atoms with Crippen molar-refractivity contribution in [1.29, 1.82) is 0 Å². The molecule has 0 saturated heterocycles. The second kappa shape index (κ2) is 13.3. The third-order valence-electron chi connectivity index (χ3n) is 3.44. The zero-order chi connectivity index (χ0) is 16.2. The number of hydrogen-bond acceptors (Lipinski definition) is 4. The van der Waals surface area contributed by atoms with Crippen molar-refractivity contribution < 1.29 is 9.53 Å². The molecule has 4 nitrogen and oxygen atoms in total. The van der Waals surface area contributed by atoms with E-state index in [4.69, 9.17) is 4.74 Å². The van der Waals surface area contributed by atoms with Gasteiger partial charge in [0, 0.05) is 19.5 Å². The Morgan fingerprint density at radius 3 is 2.43 bits per heavy atom. The fourth-order valence-corrected chi connectivity index (χ4v) is 2.04. The molecule has 0 radical (unpaired) electrons. The van der Waals surface area contributed by atoms with Crippen molar-refractivity contribution in [2.75, 3.05) is 40.3 Å². The third kappa shape index (κ3) is 12.0. The Morgan fingerprint density at radius 1 is 1.13 bits per heavy atom. The van der Waals surface area contributed by atoms with Crippen molar-refractivity contribution in [2.45, 2.75) is 32.6 Å². The predicted molar refractivity (Wildman–Crippen MR) is 98.8 cm³/mol. The van der Waals surface area contributed by atoms with E-state index in [1.54, 1.807) is 6.92 Å². The number of ketones is 1. The van der Waals surface area contributed by atoms with Crippen LogP contribution in [-0.2, 0) is 11.2 Å². The molecule has 0 aliphatic carbocycles. The molecule has 1 N–H and O–H groups in total. The van der Waals surface area contributed by atoms with E-state index in [0.717, 1.165) is 51.3 Å². The number of hydrogen-bond donors (Lipinski definition) is 1. The van der Waals surface area contributed by atoms with E-state index in [0.29, 0.717) is 6.42 Å².